The Labute approximate surface area is 147 Å². The van der Waals surface area contributed by atoms with Crippen LogP contribution >= 0.6 is 0 Å². The first-order chi connectivity index (χ1) is 12.0. The van der Waals surface area contributed by atoms with Crippen LogP contribution in [0.25, 0.3) is 0 Å². The SMILES string of the molecule is CN(C)c1cccc(C(=O)NNC(=O)CCc2ccc(C#N)cc2)c1. The number of anilines is 1. The summed E-state index contributed by atoms with van der Waals surface area (Å²) in [6.45, 7) is 0. The fraction of sp³-hybridized carbons (Fsp3) is 0.211. The highest BCUT2D eigenvalue weighted by molar-refractivity contribution is 5.96. The van der Waals surface area contributed by atoms with Gasteiger partial charge in [-0.1, -0.05) is 18.2 Å². The third kappa shape index (κ3) is 5.36. The molecule has 0 saturated carbocycles. The van der Waals surface area contributed by atoms with E-state index in [9.17, 15) is 9.59 Å². The molecular formula is C19H20N4O2. The first-order valence-electron chi connectivity index (χ1n) is 7.85. The summed E-state index contributed by atoms with van der Waals surface area (Å²) in [4.78, 5) is 25.9. The Balaban J connectivity index is 1.82. The molecule has 0 saturated heterocycles. The van der Waals surface area contributed by atoms with E-state index in [1.54, 1.807) is 30.3 Å². The highest BCUT2D eigenvalue weighted by atomic mass is 16.2. The van der Waals surface area contributed by atoms with Crippen molar-refractivity contribution in [1.29, 1.82) is 5.26 Å². The summed E-state index contributed by atoms with van der Waals surface area (Å²) in [5, 5.41) is 8.75. The minimum Gasteiger partial charge on any atom is -0.378 e. The average Bonchev–Trinajstić information content (AvgIpc) is 2.64. The number of hydrogen-bond acceptors (Lipinski definition) is 4. The average molecular weight is 336 g/mol. The van der Waals surface area contributed by atoms with Gasteiger partial charge in [-0.25, -0.2) is 0 Å². The maximum atomic E-state index is 12.1. The lowest BCUT2D eigenvalue weighted by atomic mass is 10.1. The summed E-state index contributed by atoms with van der Waals surface area (Å²) in [7, 11) is 3.78. The largest absolute Gasteiger partial charge is 0.378 e. The number of carbonyl (C=O) groups excluding carboxylic acids is 2. The number of hydrogen-bond donors (Lipinski definition) is 2. The molecule has 2 aromatic rings. The van der Waals surface area contributed by atoms with Crippen molar-refractivity contribution in [3.05, 3.63) is 65.2 Å². The Bertz CT molecular complexity index is 792. The number of nitrogens with zero attached hydrogens (tertiary/aromatic N) is 2. The van der Waals surface area contributed by atoms with Crippen molar-refractivity contribution in [3.63, 3.8) is 0 Å². The number of amides is 2. The number of aryl methyl sites for hydroxylation is 1. The molecule has 0 fully saturated rings. The smallest absolute Gasteiger partial charge is 0.269 e. The summed E-state index contributed by atoms with van der Waals surface area (Å²) in [6, 6.07) is 16.2. The van der Waals surface area contributed by atoms with Crippen molar-refractivity contribution in [2.45, 2.75) is 12.8 Å². The third-order valence-electron chi connectivity index (χ3n) is 3.66. The van der Waals surface area contributed by atoms with Gasteiger partial charge in [0.05, 0.1) is 11.6 Å². The minimum absolute atomic E-state index is 0.240. The first kappa shape index (κ1) is 18.0. The molecule has 0 heterocycles. The van der Waals surface area contributed by atoms with Crippen LogP contribution < -0.4 is 15.8 Å². The van der Waals surface area contributed by atoms with Crippen molar-refractivity contribution < 1.29 is 9.59 Å². The van der Waals surface area contributed by atoms with Crippen LogP contribution in [0.15, 0.2) is 48.5 Å². The van der Waals surface area contributed by atoms with Gasteiger partial charge in [0, 0.05) is 31.8 Å². The molecule has 2 N–H and O–H groups in total. The molecule has 0 aliphatic rings. The predicted octanol–water partition coefficient (Wildman–Crippen LogP) is 2.02. The normalized spacial score (nSPS) is 9.80. The third-order valence-corrected chi connectivity index (χ3v) is 3.66. The Morgan fingerprint density at radius 2 is 1.80 bits per heavy atom. The number of nitrogens with one attached hydrogen (secondary N) is 2. The fourth-order valence-corrected chi connectivity index (χ4v) is 2.19. The quantitative estimate of drug-likeness (QED) is 0.818. The molecule has 0 spiro atoms. The second kappa shape index (κ2) is 8.50. The molecule has 25 heavy (non-hydrogen) atoms. The van der Waals surface area contributed by atoms with E-state index in [-0.39, 0.29) is 18.2 Å². The van der Waals surface area contributed by atoms with Crippen molar-refractivity contribution in [3.8, 4) is 6.07 Å². The summed E-state index contributed by atoms with van der Waals surface area (Å²) >= 11 is 0. The van der Waals surface area contributed by atoms with E-state index in [0.717, 1.165) is 11.3 Å². The zero-order chi connectivity index (χ0) is 18.2. The molecule has 0 bridgehead atoms. The maximum absolute atomic E-state index is 12.1. The topological polar surface area (TPSA) is 85.2 Å². The molecule has 2 rings (SSSR count). The van der Waals surface area contributed by atoms with Crippen molar-refractivity contribution in [2.24, 2.45) is 0 Å². The van der Waals surface area contributed by atoms with Gasteiger partial charge >= 0.3 is 0 Å². The van der Waals surface area contributed by atoms with Crippen LogP contribution in [0, 0.1) is 11.3 Å². The standard InChI is InChI=1S/C19H20N4O2/c1-23(2)17-5-3-4-16(12-17)19(25)22-21-18(24)11-10-14-6-8-15(13-20)9-7-14/h3-9,12H,10-11H2,1-2H3,(H,21,24)(H,22,25). The van der Waals surface area contributed by atoms with Crippen LogP contribution in [0.3, 0.4) is 0 Å². The van der Waals surface area contributed by atoms with E-state index >= 15 is 0 Å². The lowest BCUT2D eigenvalue weighted by molar-refractivity contribution is -0.121. The summed E-state index contributed by atoms with van der Waals surface area (Å²) in [6.07, 6.45) is 0.771. The number of rotatable bonds is 5. The lowest BCUT2D eigenvalue weighted by Gasteiger charge is -2.13. The van der Waals surface area contributed by atoms with Gasteiger partial charge in [-0.2, -0.15) is 5.26 Å². The van der Waals surface area contributed by atoms with Gasteiger partial charge in [0.15, 0.2) is 0 Å². The van der Waals surface area contributed by atoms with E-state index in [4.69, 9.17) is 5.26 Å². The summed E-state index contributed by atoms with van der Waals surface area (Å²) in [5.74, 6) is -0.642. The molecule has 2 amide bonds. The second-order valence-electron chi connectivity index (χ2n) is 5.76. The van der Waals surface area contributed by atoms with E-state index in [1.807, 2.05) is 43.3 Å². The van der Waals surface area contributed by atoms with Crippen LogP contribution in [0.5, 0.6) is 0 Å². The molecular weight excluding hydrogens is 316 g/mol. The molecule has 6 nitrogen and oxygen atoms in total. The van der Waals surface area contributed by atoms with Crippen molar-refractivity contribution >= 4 is 17.5 Å². The monoisotopic (exact) mass is 336 g/mol. The molecule has 0 unspecified atom stereocenters. The Morgan fingerprint density at radius 1 is 1.08 bits per heavy atom. The molecule has 0 atom stereocenters. The Kier molecular flexibility index (Phi) is 6.13. The molecule has 0 aromatic heterocycles. The van der Waals surface area contributed by atoms with Crippen LogP contribution in [-0.4, -0.2) is 25.9 Å². The van der Waals surface area contributed by atoms with Crippen LogP contribution in [-0.2, 0) is 11.2 Å². The molecule has 0 aliphatic heterocycles. The van der Waals surface area contributed by atoms with Gasteiger partial charge in [0.1, 0.15) is 0 Å². The van der Waals surface area contributed by atoms with E-state index < -0.39 is 0 Å². The lowest BCUT2D eigenvalue weighted by Crippen LogP contribution is -2.41. The molecule has 6 heteroatoms. The first-order valence-corrected chi connectivity index (χ1v) is 7.85. The second-order valence-corrected chi connectivity index (χ2v) is 5.76. The number of carbonyl (C=O) groups is 2. The molecule has 128 valence electrons. The van der Waals surface area contributed by atoms with Crippen LogP contribution in [0.1, 0.15) is 27.9 Å². The van der Waals surface area contributed by atoms with Gasteiger partial charge < -0.3 is 4.90 Å². The summed E-state index contributed by atoms with van der Waals surface area (Å²) < 4.78 is 0. The Morgan fingerprint density at radius 3 is 2.44 bits per heavy atom. The maximum Gasteiger partial charge on any atom is 0.269 e. The predicted molar refractivity (Wildman–Crippen MR) is 95.9 cm³/mol. The fourth-order valence-electron chi connectivity index (χ4n) is 2.19. The number of benzene rings is 2. The van der Waals surface area contributed by atoms with Gasteiger partial charge in [0.2, 0.25) is 5.91 Å². The highest BCUT2D eigenvalue weighted by Gasteiger charge is 2.09. The Hall–Kier alpha value is -3.33. The van der Waals surface area contributed by atoms with Crippen LogP contribution in [0.2, 0.25) is 0 Å². The van der Waals surface area contributed by atoms with Gasteiger partial charge in [-0.15, -0.1) is 0 Å². The van der Waals surface area contributed by atoms with Crippen molar-refractivity contribution in [2.75, 3.05) is 19.0 Å². The van der Waals surface area contributed by atoms with E-state index in [0.29, 0.717) is 17.5 Å². The molecule has 2 aromatic carbocycles. The number of nitriles is 1. The van der Waals surface area contributed by atoms with E-state index in [1.165, 1.54) is 0 Å². The zero-order valence-electron chi connectivity index (χ0n) is 14.2. The van der Waals surface area contributed by atoms with Gasteiger partial charge in [0.25, 0.3) is 5.91 Å². The molecule has 0 radical (unpaired) electrons. The summed E-state index contributed by atoms with van der Waals surface area (Å²) in [5.41, 5.74) is 7.75. The van der Waals surface area contributed by atoms with Gasteiger partial charge in [-0.05, 0) is 42.3 Å². The van der Waals surface area contributed by atoms with E-state index in [2.05, 4.69) is 10.9 Å². The highest BCUT2D eigenvalue weighted by Crippen LogP contribution is 2.13. The number of hydrazine groups is 1. The minimum atomic E-state index is -0.365. The van der Waals surface area contributed by atoms with Crippen molar-refractivity contribution in [1.82, 2.24) is 10.9 Å². The van der Waals surface area contributed by atoms with Gasteiger partial charge in [-0.3, -0.25) is 20.4 Å². The zero-order valence-corrected chi connectivity index (χ0v) is 14.2. The molecule has 0 aliphatic carbocycles. The van der Waals surface area contributed by atoms with Crippen LogP contribution in [0.4, 0.5) is 5.69 Å².